The summed E-state index contributed by atoms with van der Waals surface area (Å²) in [7, 11) is -3.45. The van der Waals surface area contributed by atoms with Crippen LogP contribution in [-0.2, 0) is 16.4 Å². The van der Waals surface area contributed by atoms with Gasteiger partial charge in [0.15, 0.2) is 0 Å². The van der Waals surface area contributed by atoms with E-state index in [0.717, 1.165) is 15.9 Å². The van der Waals surface area contributed by atoms with Crippen LogP contribution in [0.25, 0.3) is 0 Å². The van der Waals surface area contributed by atoms with Crippen molar-refractivity contribution in [2.24, 2.45) is 0 Å². The standard InChI is InChI=1S/C30H24O2P2S/c31-34(27-19-9-3-10-20-27,28-21-11-4-12-22-28)32-29-23-13-14-24-30(29)33(35,25-15-5-1-6-16-25)26-17-7-2-8-18-26/h1-24H. The van der Waals surface area contributed by atoms with Crippen LogP contribution in [0.3, 0.4) is 0 Å². The van der Waals surface area contributed by atoms with Crippen molar-refractivity contribution in [2.75, 3.05) is 0 Å². The molecule has 0 aliphatic carbocycles. The lowest BCUT2D eigenvalue weighted by Gasteiger charge is -2.28. The molecule has 0 unspecified atom stereocenters. The van der Waals surface area contributed by atoms with Gasteiger partial charge in [-0.05, 0) is 47.0 Å². The van der Waals surface area contributed by atoms with E-state index >= 15 is 0 Å². The Morgan fingerprint density at radius 1 is 0.457 bits per heavy atom. The first-order chi connectivity index (χ1) is 17.1. The third kappa shape index (κ3) is 4.56. The first-order valence-electron chi connectivity index (χ1n) is 11.3. The van der Waals surface area contributed by atoms with E-state index in [-0.39, 0.29) is 0 Å². The number of hydrogen-bond acceptors (Lipinski definition) is 3. The van der Waals surface area contributed by atoms with Crippen molar-refractivity contribution in [3.05, 3.63) is 146 Å². The quantitative estimate of drug-likeness (QED) is 0.261. The first kappa shape index (κ1) is 23.5. The molecule has 5 aromatic carbocycles. The zero-order valence-electron chi connectivity index (χ0n) is 19.0. The lowest BCUT2D eigenvalue weighted by atomic mass is 10.3. The number of rotatable bonds is 7. The topological polar surface area (TPSA) is 26.3 Å². The highest BCUT2D eigenvalue weighted by atomic mass is 32.4. The molecule has 0 radical (unpaired) electrons. The van der Waals surface area contributed by atoms with E-state index in [1.807, 2.05) is 121 Å². The maximum Gasteiger partial charge on any atom is 0.306 e. The molecule has 0 aromatic heterocycles. The Kier molecular flexibility index (Phi) is 6.84. The molecule has 172 valence electrons. The van der Waals surface area contributed by atoms with Gasteiger partial charge in [0.25, 0.3) is 0 Å². The second-order valence-electron chi connectivity index (χ2n) is 8.06. The molecule has 0 aliphatic heterocycles. The van der Waals surface area contributed by atoms with Crippen molar-refractivity contribution in [3.63, 3.8) is 0 Å². The van der Waals surface area contributed by atoms with E-state index in [1.54, 1.807) is 0 Å². The van der Waals surface area contributed by atoms with Gasteiger partial charge in [-0.2, -0.15) is 0 Å². The highest BCUT2D eigenvalue weighted by Gasteiger charge is 2.34. The Bertz CT molecular complexity index is 1420. The van der Waals surface area contributed by atoms with E-state index in [0.29, 0.717) is 16.4 Å². The fourth-order valence-electron chi connectivity index (χ4n) is 4.14. The van der Waals surface area contributed by atoms with Gasteiger partial charge in [-0.25, -0.2) is 0 Å². The fraction of sp³-hybridized carbons (Fsp3) is 0. The van der Waals surface area contributed by atoms with E-state index in [1.165, 1.54) is 0 Å². The van der Waals surface area contributed by atoms with Crippen LogP contribution in [-0.4, -0.2) is 0 Å². The highest BCUT2D eigenvalue weighted by Crippen LogP contribution is 2.50. The molecule has 0 saturated heterocycles. The van der Waals surface area contributed by atoms with Crippen LogP contribution < -0.4 is 31.0 Å². The van der Waals surface area contributed by atoms with Gasteiger partial charge in [0.05, 0.1) is 10.6 Å². The molecule has 5 rings (SSSR count). The summed E-state index contributed by atoms with van der Waals surface area (Å²) in [6, 6.07) is 44.5. The Labute approximate surface area is 211 Å². The minimum atomic E-state index is -3.45. The average molecular weight is 511 g/mol. The predicted molar refractivity (Wildman–Crippen MR) is 153 cm³/mol. The van der Waals surface area contributed by atoms with E-state index in [2.05, 4.69) is 24.3 Å². The van der Waals surface area contributed by atoms with Crippen molar-refractivity contribution in [1.82, 2.24) is 0 Å². The Hall–Kier alpha value is -3.22. The lowest BCUT2D eigenvalue weighted by molar-refractivity contribution is 0.504. The number of hydrogen-bond donors (Lipinski definition) is 0. The maximum atomic E-state index is 14.7. The average Bonchev–Trinajstić information content (AvgIpc) is 2.95. The smallest absolute Gasteiger partial charge is 0.306 e. The molecule has 0 heterocycles. The highest BCUT2D eigenvalue weighted by molar-refractivity contribution is 8.25. The van der Waals surface area contributed by atoms with Crippen LogP contribution in [0.15, 0.2) is 146 Å². The van der Waals surface area contributed by atoms with E-state index < -0.39 is 13.4 Å². The summed E-state index contributed by atoms with van der Waals surface area (Å²) in [6.07, 6.45) is 0. The van der Waals surface area contributed by atoms with Crippen LogP contribution in [0.2, 0.25) is 0 Å². The SMILES string of the molecule is O=P(Oc1ccccc1P(=S)(c1ccccc1)c1ccccc1)(c1ccccc1)c1ccccc1. The van der Waals surface area contributed by atoms with E-state index in [9.17, 15) is 4.57 Å². The van der Waals surface area contributed by atoms with E-state index in [4.69, 9.17) is 16.3 Å². The van der Waals surface area contributed by atoms with Crippen molar-refractivity contribution >= 4 is 51.7 Å². The summed E-state index contributed by atoms with van der Waals surface area (Å²) in [5, 5.41) is 4.31. The van der Waals surface area contributed by atoms with Gasteiger partial charge in [-0.3, -0.25) is 4.57 Å². The number of benzene rings is 5. The monoisotopic (exact) mass is 510 g/mol. The normalized spacial score (nSPS) is 11.7. The van der Waals surface area contributed by atoms with Gasteiger partial charge in [0.2, 0.25) is 0 Å². The molecule has 0 spiro atoms. The van der Waals surface area contributed by atoms with Gasteiger partial charge in [-0.1, -0.05) is 121 Å². The summed E-state index contributed by atoms with van der Waals surface area (Å²) in [4.78, 5) is 0. The van der Waals surface area contributed by atoms with Gasteiger partial charge >= 0.3 is 7.37 Å². The minimum absolute atomic E-state index is 0.555. The molecule has 0 aliphatic rings. The zero-order chi connectivity index (χ0) is 24.1. The molecule has 0 amide bonds. The third-order valence-electron chi connectivity index (χ3n) is 5.86. The first-order valence-corrected chi connectivity index (χ1v) is 15.8. The second-order valence-corrected chi connectivity index (χ2v) is 14.8. The summed E-state index contributed by atoms with van der Waals surface area (Å²) in [6.45, 7) is 0. The van der Waals surface area contributed by atoms with Gasteiger partial charge in [-0.15, -0.1) is 0 Å². The Morgan fingerprint density at radius 3 is 1.23 bits per heavy atom. The predicted octanol–water partition coefficient (Wildman–Crippen LogP) is 5.75. The molecule has 5 heteroatoms. The van der Waals surface area contributed by atoms with Gasteiger partial charge < -0.3 is 4.52 Å². The fourth-order valence-corrected chi connectivity index (χ4v) is 10.2. The van der Waals surface area contributed by atoms with Gasteiger partial charge in [0, 0.05) is 11.3 Å². The summed E-state index contributed by atoms with van der Waals surface area (Å²) in [5.41, 5.74) is 0. The molecule has 0 N–H and O–H groups in total. The van der Waals surface area contributed by atoms with Crippen LogP contribution >= 0.6 is 13.4 Å². The molecular formula is C30H24O2P2S. The summed E-state index contributed by atoms with van der Waals surface area (Å²) in [5.74, 6) is 0.555. The molecule has 2 nitrogen and oxygen atoms in total. The molecule has 5 aromatic rings. The third-order valence-corrected chi connectivity index (χ3v) is 13.2. The lowest BCUT2D eigenvalue weighted by Crippen LogP contribution is -2.27. The number of para-hydroxylation sites is 1. The van der Waals surface area contributed by atoms with Crippen molar-refractivity contribution in [1.29, 1.82) is 0 Å². The Morgan fingerprint density at radius 2 is 0.800 bits per heavy atom. The van der Waals surface area contributed by atoms with Crippen LogP contribution in [0, 0.1) is 0 Å². The molecule has 0 fully saturated rings. The van der Waals surface area contributed by atoms with Crippen LogP contribution in [0.4, 0.5) is 0 Å². The zero-order valence-corrected chi connectivity index (χ0v) is 21.6. The molecular weight excluding hydrogens is 486 g/mol. The van der Waals surface area contributed by atoms with Crippen LogP contribution in [0.5, 0.6) is 5.75 Å². The molecule has 0 atom stereocenters. The minimum Gasteiger partial charge on any atom is -0.436 e. The van der Waals surface area contributed by atoms with Crippen molar-refractivity contribution < 1.29 is 9.09 Å². The molecule has 35 heavy (non-hydrogen) atoms. The molecule has 0 bridgehead atoms. The van der Waals surface area contributed by atoms with Crippen molar-refractivity contribution in [3.8, 4) is 5.75 Å². The summed E-state index contributed by atoms with van der Waals surface area (Å²) >= 11 is 6.55. The second kappa shape index (κ2) is 10.2. The van der Waals surface area contributed by atoms with Crippen LogP contribution in [0.1, 0.15) is 0 Å². The maximum absolute atomic E-state index is 14.7. The Balaban J connectivity index is 1.72. The van der Waals surface area contributed by atoms with Crippen molar-refractivity contribution in [2.45, 2.75) is 0 Å². The molecule has 0 saturated carbocycles. The van der Waals surface area contributed by atoms with Gasteiger partial charge in [0.1, 0.15) is 5.75 Å². The summed E-state index contributed by atoms with van der Waals surface area (Å²) < 4.78 is 21.3. The largest absolute Gasteiger partial charge is 0.436 e.